The summed E-state index contributed by atoms with van der Waals surface area (Å²) in [5, 5.41) is 2.98. The van der Waals surface area contributed by atoms with E-state index in [-0.39, 0.29) is 36.4 Å². The summed E-state index contributed by atoms with van der Waals surface area (Å²) >= 11 is 0. The Bertz CT molecular complexity index is 413. The van der Waals surface area contributed by atoms with Gasteiger partial charge in [0.2, 0.25) is 0 Å². The number of hydrogen-bond donors (Lipinski definition) is 2. The van der Waals surface area contributed by atoms with E-state index in [1.807, 2.05) is 0 Å². The van der Waals surface area contributed by atoms with Crippen molar-refractivity contribution >= 4 is 29.9 Å². The molecule has 0 radical (unpaired) electrons. The number of halogens is 2. The first-order chi connectivity index (χ1) is 8.67. The molecule has 1 aromatic carbocycles. The highest BCUT2D eigenvalue weighted by molar-refractivity contribution is 14.0. The minimum absolute atomic E-state index is 0. The summed E-state index contributed by atoms with van der Waals surface area (Å²) in [6, 6.07) is 4.87. The summed E-state index contributed by atoms with van der Waals surface area (Å²) in [4.78, 5) is 4.18. The summed E-state index contributed by atoms with van der Waals surface area (Å²) in [5.41, 5.74) is 7.11. The summed E-state index contributed by atoms with van der Waals surface area (Å²) in [7, 11) is 1.54. The highest BCUT2D eigenvalue weighted by Gasteiger charge is 2.03. The molecule has 0 aliphatic rings. The largest absolute Gasteiger partial charge is 0.380 e. The zero-order valence-corrected chi connectivity index (χ0v) is 13.6. The van der Waals surface area contributed by atoms with E-state index >= 15 is 0 Å². The van der Waals surface area contributed by atoms with Gasteiger partial charge in [0.1, 0.15) is 5.82 Å². The van der Waals surface area contributed by atoms with Crippen molar-refractivity contribution in [1.29, 1.82) is 0 Å². The van der Waals surface area contributed by atoms with E-state index in [9.17, 15) is 4.39 Å². The quantitative estimate of drug-likeness (QED) is 0.452. The van der Waals surface area contributed by atoms with Crippen molar-refractivity contribution in [2.24, 2.45) is 10.7 Å². The second kappa shape index (κ2) is 9.96. The molecule has 0 aliphatic heterocycles. The summed E-state index contributed by atoms with van der Waals surface area (Å²) < 4.78 is 18.3. The molecule has 0 saturated carbocycles. The molecule has 0 atom stereocenters. The highest BCUT2D eigenvalue weighted by Crippen LogP contribution is 2.12. The minimum Gasteiger partial charge on any atom is -0.380 e. The second-order valence-corrected chi connectivity index (χ2v) is 3.99. The average molecular weight is 381 g/mol. The Morgan fingerprint density at radius 3 is 2.84 bits per heavy atom. The SMILES string of the molecule is CCCNC(N)=NCc1ccc(F)c(COC)c1.I. The van der Waals surface area contributed by atoms with Crippen LogP contribution in [0.5, 0.6) is 0 Å². The van der Waals surface area contributed by atoms with Crippen LogP contribution in [-0.2, 0) is 17.9 Å². The predicted molar refractivity (Wildman–Crippen MR) is 86.1 cm³/mol. The lowest BCUT2D eigenvalue weighted by Crippen LogP contribution is -2.32. The van der Waals surface area contributed by atoms with E-state index in [2.05, 4.69) is 17.2 Å². The Kier molecular flexibility index (Phi) is 9.50. The number of aliphatic imine (C=N–C) groups is 1. The first-order valence-corrected chi connectivity index (χ1v) is 5.97. The van der Waals surface area contributed by atoms with Crippen LogP contribution in [0.25, 0.3) is 0 Å². The van der Waals surface area contributed by atoms with E-state index < -0.39 is 0 Å². The van der Waals surface area contributed by atoms with Gasteiger partial charge in [0.25, 0.3) is 0 Å². The van der Waals surface area contributed by atoms with Crippen LogP contribution in [0.3, 0.4) is 0 Å². The van der Waals surface area contributed by atoms with Gasteiger partial charge in [0, 0.05) is 19.2 Å². The van der Waals surface area contributed by atoms with Gasteiger partial charge in [-0.05, 0) is 24.1 Å². The molecule has 108 valence electrons. The number of ether oxygens (including phenoxy) is 1. The topological polar surface area (TPSA) is 59.6 Å². The van der Waals surface area contributed by atoms with Crippen LogP contribution in [0.4, 0.5) is 4.39 Å². The molecular formula is C13H21FIN3O. The Labute approximate surface area is 130 Å². The molecule has 4 nitrogen and oxygen atoms in total. The minimum atomic E-state index is -0.262. The molecule has 3 N–H and O–H groups in total. The standard InChI is InChI=1S/C13H20FN3O.HI/c1-3-6-16-13(15)17-8-10-4-5-12(14)11(7-10)9-18-2;/h4-5,7H,3,6,8-9H2,1-2H3,(H3,15,16,17);1H. The number of rotatable bonds is 6. The molecule has 0 unspecified atom stereocenters. The maximum Gasteiger partial charge on any atom is 0.188 e. The smallest absolute Gasteiger partial charge is 0.188 e. The molecule has 0 aliphatic carbocycles. The van der Waals surface area contributed by atoms with Crippen molar-refractivity contribution in [3.63, 3.8) is 0 Å². The van der Waals surface area contributed by atoms with E-state index in [0.29, 0.717) is 18.1 Å². The summed E-state index contributed by atoms with van der Waals surface area (Å²) in [6.45, 7) is 3.54. The van der Waals surface area contributed by atoms with Crippen molar-refractivity contribution in [2.75, 3.05) is 13.7 Å². The number of methoxy groups -OCH3 is 1. The molecule has 0 aromatic heterocycles. The lowest BCUT2D eigenvalue weighted by molar-refractivity contribution is 0.181. The predicted octanol–water partition coefficient (Wildman–Crippen LogP) is 2.40. The lowest BCUT2D eigenvalue weighted by Gasteiger charge is -2.06. The van der Waals surface area contributed by atoms with E-state index in [1.165, 1.54) is 13.2 Å². The van der Waals surface area contributed by atoms with Gasteiger partial charge < -0.3 is 15.8 Å². The molecule has 0 saturated heterocycles. The molecule has 0 amide bonds. The van der Waals surface area contributed by atoms with Crippen LogP contribution in [0.1, 0.15) is 24.5 Å². The fourth-order valence-corrected chi connectivity index (χ4v) is 1.48. The van der Waals surface area contributed by atoms with Gasteiger partial charge in [-0.1, -0.05) is 13.0 Å². The highest BCUT2D eigenvalue weighted by atomic mass is 127. The third-order valence-electron chi connectivity index (χ3n) is 2.40. The number of nitrogens with one attached hydrogen (secondary N) is 1. The second-order valence-electron chi connectivity index (χ2n) is 3.99. The van der Waals surface area contributed by atoms with Crippen LogP contribution in [0, 0.1) is 5.82 Å². The van der Waals surface area contributed by atoms with E-state index in [4.69, 9.17) is 10.5 Å². The molecule has 19 heavy (non-hydrogen) atoms. The zero-order chi connectivity index (χ0) is 13.4. The van der Waals surface area contributed by atoms with Crippen LogP contribution in [0.15, 0.2) is 23.2 Å². The van der Waals surface area contributed by atoms with Crippen LogP contribution < -0.4 is 11.1 Å². The molecule has 0 bridgehead atoms. The number of guanidine groups is 1. The summed E-state index contributed by atoms with van der Waals surface area (Å²) in [5.74, 6) is 0.149. The fraction of sp³-hybridized carbons (Fsp3) is 0.462. The average Bonchev–Trinajstić information content (AvgIpc) is 2.37. The Hall–Kier alpha value is -0.890. The third kappa shape index (κ3) is 6.72. The maximum atomic E-state index is 13.4. The van der Waals surface area contributed by atoms with Crippen LogP contribution in [0.2, 0.25) is 0 Å². The number of hydrogen-bond acceptors (Lipinski definition) is 2. The molecular weight excluding hydrogens is 360 g/mol. The number of nitrogens with two attached hydrogens (primary N) is 1. The van der Waals surface area contributed by atoms with Gasteiger partial charge in [0.15, 0.2) is 5.96 Å². The van der Waals surface area contributed by atoms with Gasteiger partial charge in [0.05, 0.1) is 13.2 Å². The fourth-order valence-electron chi connectivity index (χ4n) is 1.48. The van der Waals surface area contributed by atoms with E-state index in [0.717, 1.165) is 18.5 Å². The monoisotopic (exact) mass is 381 g/mol. The molecule has 1 aromatic rings. The van der Waals surface area contributed by atoms with Crippen molar-refractivity contribution < 1.29 is 9.13 Å². The van der Waals surface area contributed by atoms with Gasteiger partial charge in [-0.2, -0.15) is 0 Å². The van der Waals surface area contributed by atoms with Crippen molar-refractivity contribution in [3.05, 3.63) is 35.1 Å². The Balaban J connectivity index is 0.00000324. The number of nitrogens with zero attached hydrogens (tertiary/aromatic N) is 1. The van der Waals surface area contributed by atoms with Crippen LogP contribution in [-0.4, -0.2) is 19.6 Å². The first-order valence-electron chi connectivity index (χ1n) is 5.97. The molecule has 0 spiro atoms. The molecule has 0 fully saturated rings. The zero-order valence-electron chi connectivity index (χ0n) is 11.3. The Morgan fingerprint density at radius 1 is 1.47 bits per heavy atom. The number of benzene rings is 1. The van der Waals surface area contributed by atoms with Gasteiger partial charge in [-0.3, -0.25) is 0 Å². The van der Waals surface area contributed by atoms with Gasteiger partial charge in [-0.25, -0.2) is 9.38 Å². The van der Waals surface area contributed by atoms with Crippen LogP contribution >= 0.6 is 24.0 Å². The molecule has 0 heterocycles. The molecule has 1 rings (SSSR count). The van der Waals surface area contributed by atoms with Crippen molar-refractivity contribution in [3.8, 4) is 0 Å². The lowest BCUT2D eigenvalue weighted by atomic mass is 10.1. The molecule has 6 heteroatoms. The van der Waals surface area contributed by atoms with Crippen molar-refractivity contribution in [1.82, 2.24) is 5.32 Å². The Morgan fingerprint density at radius 2 is 2.21 bits per heavy atom. The van der Waals surface area contributed by atoms with Gasteiger partial charge in [-0.15, -0.1) is 24.0 Å². The maximum absolute atomic E-state index is 13.4. The summed E-state index contributed by atoms with van der Waals surface area (Å²) in [6.07, 6.45) is 0.991. The first kappa shape index (κ1) is 18.1. The normalized spacial score (nSPS) is 11.0. The van der Waals surface area contributed by atoms with E-state index in [1.54, 1.807) is 12.1 Å². The third-order valence-corrected chi connectivity index (χ3v) is 2.40. The van der Waals surface area contributed by atoms with Crippen molar-refractivity contribution in [2.45, 2.75) is 26.5 Å². The van der Waals surface area contributed by atoms with Gasteiger partial charge >= 0.3 is 0 Å².